The lowest BCUT2D eigenvalue weighted by molar-refractivity contribution is -0.113. The standard InChI is InChI=1S/C15H15N5OS/c1-12-17-18-15(20(12)19-9-5-6-10-19)22-11-14(21)16-13-7-3-2-4-8-13/h2-10H,11H2,1H3,(H,16,21). The van der Waals surface area contributed by atoms with Gasteiger partial charge in [0, 0.05) is 18.1 Å². The predicted molar refractivity (Wildman–Crippen MR) is 85.8 cm³/mol. The minimum Gasteiger partial charge on any atom is -0.325 e. The van der Waals surface area contributed by atoms with Crippen LogP contribution in [0.4, 0.5) is 5.69 Å². The molecule has 2 aromatic heterocycles. The number of para-hydroxylation sites is 1. The van der Waals surface area contributed by atoms with Crippen molar-refractivity contribution in [1.29, 1.82) is 0 Å². The highest BCUT2D eigenvalue weighted by molar-refractivity contribution is 7.99. The van der Waals surface area contributed by atoms with Gasteiger partial charge in [-0.3, -0.25) is 9.47 Å². The van der Waals surface area contributed by atoms with Crippen LogP contribution in [0.15, 0.2) is 60.0 Å². The normalized spacial score (nSPS) is 10.6. The van der Waals surface area contributed by atoms with Gasteiger partial charge in [0.05, 0.1) is 5.75 Å². The number of rotatable bonds is 5. The third kappa shape index (κ3) is 3.20. The van der Waals surface area contributed by atoms with Crippen molar-refractivity contribution in [2.75, 3.05) is 11.1 Å². The summed E-state index contributed by atoms with van der Waals surface area (Å²) in [5.41, 5.74) is 0.788. The highest BCUT2D eigenvalue weighted by atomic mass is 32.2. The minimum atomic E-state index is -0.0732. The summed E-state index contributed by atoms with van der Waals surface area (Å²) >= 11 is 1.35. The Morgan fingerprint density at radius 1 is 1.14 bits per heavy atom. The van der Waals surface area contributed by atoms with Crippen LogP contribution in [-0.2, 0) is 4.79 Å². The van der Waals surface area contributed by atoms with Gasteiger partial charge in [0.25, 0.3) is 0 Å². The van der Waals surface area contributed by atoms with Gasteiger partial charge in [-0.25, -0.2) is 4.68 Å². The summed E-state index contributed by atoms with van der Waals surface area (Å²) < 4.78 is 3.74. The molecule has 22 heavy (non-hydrogen) atoms. The van der Waals surface area contributed by atoms with Crippen molar-refractivity contribution in [3.8, 4) is 0 Å². The zero-order valence-corrected chi connectivity index (χ0v) is 12.8. The van der Waals surface area contributed by atoms with Crippen molar-refractivity contribution in [3.05, 3.63) is 60.7 Å². The van der Waals surface area contributed by atoms with Crippen LogP contribution in [0, 0.1) is 6.92 Å². The third-order valence-electron chi connectivity index (χ3n) is 2.98. The summed E-state index contributed by atoms with van der Waals surface area (Å²) in [6.07, 6.45) is 3.81. The van der Waals surface area contributed by atoms with Crippen LogP contribution in [0.25, 0.3) is 0 Å². The minimum absolute atomic E-state index is 0.0732. The van der Waals surface area contributed by atoms with Crippen molar-refractivity contribution < 1.29 is 4.79 Å². The maximum atomic E-state index is 12.0. The lowest BCUT2D eigenvalue weighted by atomic mass is 10.3. The summed E-state index contributed by atoms with van der Waals surface area (Å²) in [5, 5.41) is 11.7. The smallest absolute Gasteiger partial charge is 0.234 e. The lowest BCUT2D eigenvalue weighted by Crippen LogP contribution is -2.15. The number of benzene rings is 1. The molecule has 1 N–H and O–H groups in total. The summed E-state index contributed by atoms with van der Waals surface area (Å²) in [4.78, 5) is 12.0. The molecular weight excluding hydrogens is 298 g/mol. The lowest BCUT2D eigenvalue weighted by Gasteiger charge is -2.09. The van der Waals surface area contributed by atoms with E-state index in [0.29, 0.717) is 5.16 Å². The van der Waals surface area contributed by atoms with Crippen molar-refractivity contribution in [2.24, 2.45) is 0 Å². The molecule has 0 saturated heterocycles. The molecule has 0 spiro atoms. The van der Waals surface area contributed by atoms with Gasteiger partial charge in [-0.2, -0.15) is 0 Å². The number of amides is 1. The van der Waals surface area contributed by atoms with E-state index in [-0.39, 0.29) is 11.7 Å². The molecule has 7 heteroatoms. The van der Waals surface area contributed by atoms with Gasteiger partial charge in [0.15, 0.2) is 5.82 Å². The summed E-state index contributed by atoms with van der Waals surface area (Å²) in [6.45, 7) is 1.88. The molecule has 3 rings (SSSR count). The van der Waals surface area contributed by atoms with Crippen LogP contribution in [0.2, 0.25) is 0 Å². The van der Waals surface area contributed by atoms with Crippen LogP contribution >= 0.6 is 11.8 Å². The first-order chi connectivity index (χ1) is 10.7. The van der Waals surface area contributed by atoms with Gasteiger partial charge in [-0.1, -0.05) is 30.0 Å². The molecule has 0 unspecified atom stereocenters. The second kappa shape index (κ2) is 6.48. The van der Waals surface area contributed by atoms with Crippen molar-refractivity contribution in [3.63, 3.8) is 0 Å². The predicted octanol–water partition coefficient (Wildman–Crippen LogP) is 2.43. The average Bonchev–Trinajstić information content (AvgIpc) is 3.15. The molecule has 6 nitrogen and oxygen atoms in total. The monoisotopic (exact) mass is 313 g/mol. The van der Waals surface area contributed by atoms with Crippen molar-refractivity contribution in [2.45, 2.75) is 12.1 Å². The second-order valence-corrected chi connectivity index (χ2v) is 5.55. The van der Waals surface area contributed by atoms with Crippen LogP contribution in [0.3, 0.4) is 0 Å². The number of nitrogens with zero attached hydrogens (tertiary/aromatic N) is 4. The van der Waals surface area contributed by atoms with Gasteiger partial charge in [0.2, 0.25) is 11.1 Å². The number of carbonyl (C=O) groups is 1. The Bertz CT molecular complexity index is 752. The van der Waals surface area contributed by atoms with Crippen LogP contribution in [0.5, 0.6) is 0 Å². The fraction of sp³-hybridized carbons (Fsp3) is 0.133. The highest BCUT2D eigenvalue weighted by Crippen LogP contribution is 2.17. The third-order valence-corrected chi connectivity index (χ3v) is 3.90. The number of aromatic nitrogens is 4. The van der Waals surface area contributed by atoms with E-state index < -0.39 is 0 Å². The Balaban J connectivity index is 1.66. The number of carbonyl (C=O) groups excluding carboxylic acids is 1. The fourth-order valence-electron chi connectivity index (χ4n) is 2.00. The van der Waals surface area contributed by atoms with E-state index in [1.807, 2.05) is 71.1 Å². The molecule has 2 heterocycles. The van der Waals surface area contributed by atoms with E-state index in [9.17, 15) is 4.79 Å². The van der Waals surface area contributed by atoms with E-state index in [1.54, 1.807) is 0 Å². The number of thioether (sulfide) groups is 1. The maximum Gasteiger partial charge on any atom is 0.234 e. The quantitative estimate of drug-likeness (QED) is 0.735. The first-order valence-corrected chi connectivity index (χ1v) is 7.76. The summed E-state index contributed by atoms with van der Waals surface area (Å²) in [5.74, 6) is 0.965. The summed E-state index contributed by atoms with van der Waals surface area (Å²) in [6, 6.07) is 13.2. The molecule has 0 atom stereocenters. The topological polar surface area (TPSA) is 64.7 Å². The summed E-state index contributed by atoms with van der Waals surface area (Å²) in [7, 11) is 0. The molecule has 0 bridgehead atoms. The Morgan fingerprint density at radius 2 is 1.86 bits per heavy atom. The van der Waals surface area contributed by atoms with Crippen LogP contribution in [0.1, 0.15) is 5.82 Å². The van der Waals surface area contributed by atoms with E-state index in [4.69, 9.17) is 0 Å². The van der Waals surface area contributed by atoms with E-state index >= 15 is 0 Å². The molecule has 0 aliphatic heterocycles. The molecule has 0 saturated carbocycles. The number of hydrogen-bond donors (Lipinski definition) is 1. The number of hydrogen-bond acceptors (Lipinski definition) is 4. The highest BCUT2D eigenvalue weighted by Gasteiger charge is 2.12. The molecule has 112 valence electrons. The SMILES string of the molecule is Cc1nnc(SCC(=O)Nc2ccccc2)n1-n1cccc1. The molecule has 0 aliphatic carbocycles. The van der Waals surface area contributed by atoms with E-state index in [1.165, 1.54) is 11.8 Å². The number of nitrogens with one attached hydrogen (secondary N) is 1. The molecule has 0 radical (unpaired) electrons. The molecule has 1 aromatic carbocycles. The number of aryl methyl sites for hydroxylation is 1. The first-order valence-electron chi connectivity index (χ1n) is 6.77. The van der Waals surface area contributed by atoms with Gasteiger partial charge in [-0.05, 0) is 31.2 Å². The van der Waals surface area contributed by atoms with Gasteiger partial charge < -0.3 is 5.32 Å². The van der Waals surface area contributed by atoms with Crippen LogP contribution < -0.4 is 5.32 Å². The molecule has 0 aliphatic rings. The van der Waals surface area contributed by atoms with Gasteiger partial charge in [-0.15, -0.1) is 10.2 Å². The zero-order valence-electron chi connectivity index (χ0n) is 12.0. The first kappa shape index (κ1) is 14.4. The Morgan fingerprint density at radius 3 is 2.59 bits per heavy atom. The average molecular weight is 313 g/mol. The number of anilines is 1. The van der Waals surface area contributed by atoms with Crippen molar-refractivity contribution >= 4 is 23.4 Å². The largest absolute Gasteiger partial charge is 0.325 e. The Kier molecular flexibility index (Phi) is 4.24. The molecule has 0 fully saturated rings. The molecule has 1 amide bonds. The zero-order chi connectivity index (χ0) is 15.4. The molecule has 3 aromatic rings. The Hall–Kier alpha value is -2.54. The Labute approximate surface area is 132 Å². The van der Waals surface area contributed by atoms with E-state index in [2.05, 4.69) is 15.5 Å². The second-order valence-electron chi connectivity index (χ2n) is 4.61. The van der Waals surface area contributed by atoms with E-state index in [0.717, 1.165) is 11.5 Å². The van der Waals surface area contributed by atoms with Crippen LogP contribution in [-0.4, -0.2) is 31.2 Å². The van der Waals surface area contributed by atoms with Gasteiger partial charge >= 0.3 is 0 Å². The maximum absolute atomic E-state index is 12.0. The van der Waals surface area contributed by atoms with Gasteiger partial charge in [0.1, 0.15) is 0 Å². The fourth-order valence-corrected chi connectivity index (χ4v) is 2.78. The van der Waals surface area contributed by atoms with Crippen molar-refractivity contribution in [1.82, 2.24) is 19.5 Å². The molecular formula is C15H15N5OS.